The molecule has 0 spiro atoms. The van der Waals surface area contributed by atoms with E-state index in [-0.39, 0.29) is 0 Å². The molecule has 0 bridgehead atoms. The van der Waals surface area contributed by atoms with Gasteiger partial charge in [0.1, 0.15) is 0 Å². The maximum absolute atomic E-state index is 5.67. The van der Waals surface area contributed by atoms with Crippen LogP contribution in [-0.4, -0.2) is 27.8 Å². The van der Waals surface area contributed by atoms with Gasteiger partial charge in [0.2, 0.25) is 0 Å². The highest BCUT2D eigenvalue weighted by molar-refractivity contribution is 5.44. The maximum Gasteiger partial charge on any atom is 0.155 e. The first-order valence-corrected chi connectivity index (χ1v) is 5.99. The number of anilines is 1. The molecule has 1 aliphatic heterocycles. The van der Waals surface area contributed by atoms with Gasteiger partial charge in [0.05, 0.1) is 23.8 Å². The minimum atomic E-state index is 0.589. The Morgan fingerprint density at radius 3 is 3.29 bits per heavy atom. The molecule has 0 aromatic carbocycles. The molecule has 2 N–H and O–H groups in total. The maximum atomic E-state index is 5.67. The summed E-state index contributed by atoms with van der Waals surface area (Å²) in [5.74, 6) is 0.589. The fourth-order valence-corrected chi connectivity index (χ4v) is 2.30. The van der Waals surface area contributed by atoms with Crippen LogP contribution >= 0.6 is 0 Å². The van der Waals surface area contributed by atoms with Crippen LogP contribution in [0.25, 0.3) is 5.65 Å². The third kappa shape index (κ3) is 2.24. The van der Waals surface area contributed by atoms with E-state index in [1.54, 1.807) is 16.9 Å². The number of rotatable bonds is 2. The standard InChI is InChI=1S/C12H16N4O/c13-10-6-14-12-5-11(15-16(12)7-10)4-9-2-1-3-17-8-9/h5-7,9H,1-4,8,13H2. The molecule has 0 radical (unpaired) electrons. The van der Waals surface area contributed by atoms with E-state index in [1.807, 2.05) is 6.07 Å². The highest BCUT2D eigenvalue weighted by Crippen LogP contribution is 2.18. The largest absolute Gasteiger partial charge is 0.396 e. The van der Waals surface area contributed by atoms with Gasteiger partial charge < -0.3 is 10.5 Å². The normalized spacial score (nSPS) is 20.8. The van der Waals surface area contributed by atoms with Gasteiger partial charge in [-0.25, -0.2) is 9.50 Å². The molecule has 3 heterocycles. The highest BCUT2D eigenvalue weighted by Gasteiger charge is 2.16. The lowest BCUT2D eigenvalue weighted by Crippen LogP contribution is -2.19. The van der Waals surface area contributed by atoms with Gasteiger partial charge in [-0.15, -0.1) is 0 Å². The van der Waals surface area contributed by atoms with Gasteiger partial charge in [-0.3, -0.25) is 0 Å². The van der Waals surface area contributed by atoms with E-state index in [0.717, 1.165) is 37.4 Å². The predicted octanol–water partition coefficient (Wildman–Crippen LogP) is 1.28. The molecule has 3 rings (SSSR count). The fraction of sp³-hybridized carbons (Fsp3) is 0.500. The van der Waals surface area contributed by atoms with Crippen LogP contribution < -0.4 is 5.73 Å². The number of nitrogen functional groups attached to an aromatic ring is 1. The van der Waals surface area contributed by atoms with Crippen LogP contribution in [0.15, 0.2) is 18.5 Å². The van der Waals surface area contributed by atoms with E-state index in [0.29, 0.717) is 11.6 Å². The van der Waals surface area contributed by atoms with Crippen molar-refractivity contribution in [3.05, 3.63) is 24.2 Å². The number of nitrogens with zero attached hydrogens (tertiary/aromatic N) is 3. The first kappa shape index (κ1) is 10.5. The summed E-state index contributed by atoms with van der Waals surface area (Å²) in [7, 11) is 0. The van der Waals surface area contributed by atoms with E-state index < -0.39 is 0 Å². The van der Waals surface area contributed by atoms with Gasteiger partial charge in [0, 0.05) is 19.3 Å². The third-order valence-electron chi connectivity index (χ3n) is 3.14. The van der Waals surface area contributed by atoms with Gasteiger partial charge in [-0.05, 0) is 25.2 Å². The molecule has 5 nitrogen and oxygen atoms in total. The zero-order chi connectivity index (χ0) is 11.7. The van der Waals surface area contributed by atoms with E-state index in [2.05, 4.69) is 10.1 Å². The summed E-state index contributed by atoms with van der Waals surface area (Å²) in [6.45, 7) is 1.75. The van der Waals surface area contributed by atoms with E-state index in [9.17, 15) is 0 Å². The van der Waals surface area contributed by atoms with Crippen molar-refractivity contribution in [2.45, 2.75) is 19.3 Å². The minimum absolute atomic E-state index is 0.589. The number of nitrogens with two attached hydrogens (primary N) is 1. The van der Waals surface area contributed by atoms with Crippen molar-refractivity contribution in [3.8, 4) is 0 Å². The third-order valence-corrected chi connectivity index (χ3v) is 3.14. The monoisotopic (exact) mass is 232 g/mol. The molecule has 1 unspecified atom stereocenters. The first-order chi connectivity index (χ1) is 8.31. The molecular formula is C12H16N4O. The van der Waals surface area contributed by atoms with E-state index in [4.69, 9.17) is 10.5 Å². The molecule has 0 amide bonds. The van der Waals surface area contributed by atoms with Crippen molar-refractivity contribution < 1.29 is 4.74 Å². The van der Waals surface area contributed by atoms with Crippen LogP contribution in [-0.2, 0) is 11.2 Å². The summed E-state index contributed by atoms with van der Waals surface area (Å²) in [5.41, 5.74) is 8.23. The van der Waals surface area contributed by atoms with Crippen LogP contribution in [0.5, 0.6) is 0 Å². The zero-order valence-corrected chi connectivity index (χ0v) is 9.67. The van der Waals surface area contributed by atoms with Crippen molar-refractivity contribution in [1.82, 2.24) is 14.6 Å². The Kier molecular flexibility index (Phi) is 2.68. The average molecular weight is 232 g/mol. The molecule has 17 heavy (non-hydrogen) atoms. The summed E-state index contributed by atoms with van der Waals surface area (Å²) in [4.78, 5) is 4.24. The lowest BCUT2D eigenvalue weighted by molar-refractivity contribution is 0.0546. The molecule has 1 aliphatic rings. The predicted molar refractivity (Wildman–Crippen MR) is 64.6 cm³/mol. The minimum Gasteiger partial charge on any atom is -0.396 e. The van der Waals surface area contributed by atoms with Crippen LogP contribution in [0.3, 0.4) is 0 Å². The molecule has 5 heteroatoms. The lowest BCUT2D eigenvalue weighted by Gasteiger charge is -2.20. The van der Waals surface area contributed by atoms with Crippen molar-refractivity contribution in [3.63, 3.8) is 0 Å². The molecule has 2 aromatic heterocycles. The Morgan fingerprint density at radius 2 is 2.47 bits per heavy atom. The molecule has 1 fully saturated rings. The summed E-state index contributed by atoms with van der Waals surface area (Å²) >= 11 is 0. The molecule has 1 saturated heterocycles. The number of fused-ring (bicyclic) bond motifs is 1. The Balaban J connectivity index is 1.80. The molecule has 0 saturated carbocycles. The lowest BCUT2D eigenvalue weighted by atomic mass is 9.97. The quantitative estimate of drug-likeness (QED) is 0.847. The van der Waals surface area contributed by atoms with Crippen molar-refractivity contribution in [1.29, 1.82) is 0 Å². The van der Waals surface area contributed by atoms with Crippen molar-refractivity contribution in [2.75, 3.05) is 18.9 Å². The highest BCUT2D eigenvalue weighted by atomic mass is 16.5. The second-order valence-corrected chi connectivity index (χ2v) is 4.61. The Labute approximate surface area is 99.6 Å². The fourth-order valence-electron chi connectivity index (χ4n) is 2.30. The van der Waals surface area contributed by atoms with E-state index in [1.165, 1.54) is 6.42 Å². The van der Waals surface area contributed by atoms with Gasteiger partial charge in [0.15, 0.2) is 5.65 Å². The summed E-state index contributed by atoms with van der Waals surface area (Å²) < 4.78 is 7.22. The average Bonchev–Trinajstić information content (AvgIpc) is 2.71. The van der Waals surface area contributed by atoms with Crippen LogP contribution in [0.2, 0.25) is 0 Å². The van der Waals surface area contributed by atoms with Crippen molar-refractivity contribution >= 4 is 11.3 Å². The van der Waals surface area contributed by atoms with Gasteiger partial charge >= 0.3 is 0 Å². The van der Waals surface area contributed by atoms with Gasteiger partial charge in [-0.1, -0.05) is 0 Å². The number of hydrogen-bond acceptors (Lipinski definition) is 4. The van der Waals surface area contributed by atoms with Gasteiger partial charge in [-0.2, -0.15) is 5.10 Å². The molecule has 0 aliphatic carbocycles. The molecule has 1 atom stereocenters. The van der Waals surface area contributed by atoms with Gasteiger partial charge in [0.25, 0.3) is 0 Å². The Hall–Kier alpha value is -1.62. The summed E-state index contributed by atoms with van der Waals surface area (Å²) in [6.07, 6.45) is 6.80. The number of hydrogen-bond donors (Lipinski definition) is 1. The smallest absolute Gasteiger partial charge is 0.155 e. The first-order valence-electron chi connectivity index (χ1n) is 5.99. The SMILES string of the molecule is Nc1cnc2cc(CC3CCCOC3)nn2c1. The second kappa shape index (κ2) is 4.33. The number of aromatic nitrogens is 3. The van der Waals surface area contributed by atoms with Crippen LogP contribution in [0, 0.1) is 5.92 Å². The second-order valence-electron chi connectivity index (χ2n) is 4.61. The molecular weight excluding hydrogens is 216 g/mol. The Morgan fingerprint density at radius 1 is 1.53 bits per heavy atom. The Bertz CT molecular complexity index is 516. The topological polar surface area (TPSA) is 65.4 Å². The van der Waals surface area contributed by atoms with Crippen molar-refractivity contribution in [2.24, 2.45) is 5.92 Å². The van der Waals surface area contributed by atoms with E-state index >= 15 is 0 Å². The molecule has 2 aromatic rings. The zero-order valence-electron chi connectivity index (χ0n) is 9.67. The number of ether oxygens (including phenoxy) is 1. The summed E-state index contributed by atoms with van der Waals surface area (Å²) in [5, 5.41) is 4.49. The van der Waals surface area contributed by atoms with Crippen LogP contribution in [0.4, 0.5) is 5.69 Å². The molecule has 90 valence electrons. The summed E-state index contributed by atoms with van der Waals surface area (Å²) in [6, 6.07) is 2.02. The van der Waals surface area contributed by atoms with Crippen LogP contribution in [0.1, 0.15) is 18.5 Å².